The van der Waals surface area contributed by atoms with E-state index in [0.29, 0.717) is 84.6 Å². The highest BCUT2D eigenvalue weighted by Gasteiger charge is 2.36. The van der Waals surface area contributed by atoms with Crippen molar-refractivity contribution in [2.75, 3.05) is 39.3 Å². The van der Waals surface area contributed by atoms with Gasteiger partial charge in [0, 0.05) is 87.8 Å². The number of carboxylic acids is 6. The molecule has 0 radical (unpaired) electrons. The van der Waals surface area contributed by atoms with Crippen molar-refractivity contribution in [1.82, 2.24) is 20.4 Å². The van der Waals surface area contributed by atoms with E-state index in [1.807, 2.05) is 0 Å². The quantitative estimate of drug-likeness (QED) is 0.0466. The number of hydrogen-bond acceptors (Lipinski definition) is 10. The van der Waals surface area contributed by atoms with E-state index in [0.717, 1.165) is 77.8 Å². The van der Waals surface area contributed by atoms with Gasteiger partial charge in [0.25, 0.3) is 0 Å². The van der Waals surface area contributed by atoms with Crippen molar-refractivity contribution in [1.29, 1.82) is 0 Å². The SMILES string of the molecule is CCC(CC)CN(Cc1ccccc1C(F)(F)F)[C@H]1CCNC1.CCC(CC)CN(Cc1ccccc1C(F)(F)F)[C@H]1CCNC1.O=C(O)/C=C/C(=O)O.O=C(O)/C=C/C(=O)O.O=C(O)/C=C/C(=O)O. The minimum Gasteiger partial charge on any atom is -0.478 e. The molecule has 0 aromatic heterocycles. The lowest BCUT2D eigenvalue weighted by Crippen LogP contribution is -2.40. The zero-order valence-corrected chi connectivity index (χ0v) is 39.6. The number of alkyl halides is 6. The molecule has 0 spiro atoms. The van der Waals surface area contributed by atoms with Crippen LogP contribution < -0.4 is 10.6 Å². The fraction of sp³-hybridized carbons (Fsp3) is 0.500. The molecule has 4 rings (SSSR count). The van der Waals surface area contributed by atoms with Crippen LogP contribution in [0, 0.1) is 11.8 Å². The van der Waals surface area contributed by atoms with Crippen LogP contribution in [0.5, 0.6) is 0 Å². The Labute approximate surface area is 403 Å². The minimum absolute atomic E-state index is 0.330. The van der Waals surface area contributed by atoms with Crippen LogP contribution in [0.4, 0.5) is 26.3 Å². The number of hydrogen-bond donors (Lipinski definition) is 8. The highest BCUT2D eigenvalue weighted by atomic mass is 19.4. The first-order valence-electron chi connectivity index (χ1n) is 22.4. The van der Waals surface area contributed by atoms with Gasteiger partial charge in [0.05, 0.1) is 11.1 Å². The maximum atomic E-state index is 13.2. The average molecular weight is 1010 g/mol. The molecule has 70 heavy (non-hydrogen) atoms. The van der Waals surface area contributed by atoms with Crippen LogP contribution in [0.25, 0.3) is 0 Å². The van der Waals surface area contributed by atoms with E-state index in [1.165, 1.54) is 24.3 Å². The normalized spacial score (nSPS) is 15.7. The van der Waals surface area contributed by atoms with Crippen molar-refractivity contribution in [2.45, 2.75) is 104 Å². The second kappa shape index (κ2) is 34.2. The van der Waals surface area contributed by atoms with Crippen LogP contribution in [0.3, 0.4) is 0 Å². The molecule has 0 amide bonds. The number of nitrogens with one attached hydrogen (secondary N) is 2. The van der Waals surface area contributed by atoms with Gasteiger partial charge in [-0.15, -0.1) is 0 Å². The summed E-state index contributed by atoms with van der Waals surface area (Å²) in [5.41, 5.74) is -0.225. The van der Waals surface area contributed by atoms with Gasteiger partial charge in [-0.05, 0) is 61.0 Å². The zero-order valence-electron chi connectivity index (χ0n) is 39.6. The smallest absolute Gasteiger partial charge is 0.416 e. The molecule has 392 valence electrons. The fourth-order valence-corrected chi connectivity index (χ4v) is 7.08. The van der Waals surface area contributed by atoms with Crippen molar-refractivity contribution < 1.29 is 85.7 Å². The molecule has 0 saturated carbocycles. The molecular formula is C48H66F6N4O12. The third-order valence-corrected chi connectivity index (χ3v) is 10.9. The standard InChI is InChI=1S/2C18H27F3N2.3C4H4O4/c2*1-3-14(4-2)12-23(16-9-10-22-11-16)13-15-7-5-6-8-17(15)18(19,20)21;3*5-3(6)1-2-4(7)8/h2*5-8,14,16,22H,3-4,9-13H2,1-2H3;3*1-2H,(H,5,6)(H,7,8)/b;;3*2-1+/t2*16-;;;/m00.../s1. The van der Waals surface area contributed by atoms with E-state index in [4.69, 9.17) is 30.6 Å². The summed E-state index contributed by atoms with van der Waals surface area (Å²) in [5, 5.41) is 53.5. The summed E-state index contributed by atoms with van der Waals surface area (Å²) in [6.07, 6.45) is 1.04. The Hall–Kier alpha value is -6.10. The second-order valence-electron chi connectivity index (χ2n) is 15.9. The van der Waals surface area contributed by atoms with Gasteiger partial charge in [-0.1, -0.05) is 89.8 Å². The Morgan fingerprint density at radius 1 is 0.514 bits per heavy atom. The Kier molecular flexibility index (Phi) is 31.3. The van der Waals surface area contributed by atoms with Gasteiger partial charge in [0.1, 0.15) is 0 Å². The number of carboxylic acid groups (broad SMARTS) is 6. The van der Waals surface area contributed by atoms with Crippen molar-refractivity contribution in [3.05, 3.63) is 107 Å². The molecule has 2 atom stereocenters. The van der Waals surface area contributed by atoms with E-state index in [2.05, 4.69) is 48.1 Å². The lowest BCUT2D eigenvalue weighted by Gasteiger charge is -2.32. The van der Waals surface area contributed by atoms with Crippen LogP contribution in [0.15, 0.2) is 85.0 Å². The number of benzene rings is 2. The van der Waals surface area contributed by atoms with E-state index in [1.54, 1.807) is 24.3 Å². The van der Waals surface area contributed by atoms with E-state index in [-0.39, 0.29) is 0 Å². The first kappa shape index (κ1) is 63.9. The minimum atomic E-state index is -4.29. The van der Waals surface area contributed by atoms with Gasteiger partial charge in [-0.2, -0.15) is 26.3 Å². The van der Waals surface area contributed by atoms with Gasteiger partial charge in [-0.25, -0.2) is 28.8 Å². The predicted molar refractivity (Wildman–Crippen MR) is 248 cm³/mol. The first-order chi connectivity index (χ1) is 32.8. The van der Waals surface area contributed by atoms with Crippen LogP contribution in [0.2, 0.25) is 0 Å². The zero-order chi connectivity index (χ0) is 53.5. The third kappa shape index (κ3) is 29.0. The number of nitrogens with zero attached hydrogens (tertiary/aromatic N) is 2. The molecule has 2 heterocycles. The highest BCUT2D eigenvalue weighted by Crippen LogP contribution is 2.34. The molecule has 0 aliphatic carbocycles. The molecule has 2 aliphatic rings. The van der Waals surface area contributed by atoms with Gasteiger partial charge in [0.2, 0.25) is 0 Å². The molecule has 2 aliphatic heterocycles. The van der Waals surface area contributed by atoms with Gasteiger partial charge in [0.15, 0.2) is 0 Å². The summed E-state index contributed by atoms with van der Waals surface area (Å²) in [6.45, 7) is 14.7. The largest absolute Gasteiger partial charge is 0.478 e. The van der Waals surface area contributed by atoms with E-state index in [9.17, 15) is 55.1 Å². The van der Waals surface area contributed by atoms with Crippen LogP contribution in [-0.4, -0.2) is 128 Å². The topological polar surface area (TPSA) is 254 Å². The first-order valence-corrected chi connectivity index (χ1v) is 22.4. The highest BCUT2D eigenvalue weighted by molar-refractivity contribution is 5.90. The van der Waals surface area contributed by atoms with Crippen LogP contribution >= 0.6 is 0 Å². The second-order valence-corrected chi connectivity index (χ2v) is 15.9. The Morgan fingerprint density at radius 2 is 0.771 bits per heavy atom. The molecule has 0 bridgehead atoms. The Bertz CT molecular complexity index is 1770. The molecule has 2 saturated heterocycles. The predicted octanol–water partition coefficient (Wildman–Crippen LogP) is 7.75. The van der Waals surface area contributed by atoms with Gasteiger partial charge >= 0.3 is 48.2 Å². The number of rotatable bonds is 20. The molecular weight excluding hydrogens is 939 g/mol. The van der Waals surface area contributed by atoms with Gasteiger partial charge < -0.3 is 41.3 Å². The van der Waals surface area contributed by atoms with Crippen molar-refractivity contribution in [3.8, 4) is 0 Å². The fourth-order valence-electron chi connectivity index (χ4n) is 7.08. The van der Waals surface area contributed by atoms with E-state index >= 15 is 0 Å². The lowest BCUT2D eigenvalue weighted by molar-refractivity contribution is -0.139. The molecule has 2 aromatic carbocycles. The molecule has 2 aromatic rings. The van der Waals surface area contributed by atoms with Gasteiger partial charge in [-0.3, -0.25) is 9.80 Å². The Balaban J connectivity index is 0.000000938. The number of carbonyl (C=O) groups is 6. The van der Waals surface area contributed by atoms with Crippen molar-refractivity contribution in [3.63, 3.8) is 0 Å². The molecule has 22 heteroatoms. The van der Waals surface area contributed by atoms with Crippen molar-refractivity contribution in [2.24, 2.45) is 11.8 Å². The third-order valence-electron chi connectivity index (χ3n) is 10.9. The lowest BCUT2D eigenvalue weighted by atomic mass is 10.00. The summed E-state index contributed by atoms with van der Waals surface area (Å²) in [6, 6.07) is 12.6. The number of halogens is 6. The van der Waals surface area contributed by atoms with Crippen LogP contribution in [-0.2, 0) is 54.2 Å². The van der Waals surface area contributed by atoms with Crippen LogP contribution in [0.1, 0.15) is 88.5 Å². The molecule has 16 nitrogen and oxygen atoms in total. The average Bonchev–Trinajstić information content (AvgIpc) is 4.04. The Morgan fingerprint density at radius 3 is 0.971 bits per heavy atom. The summed E-state index contributed by atoms with van der Waals surface area (Å²) in [5.74, 6) is -6.47. The summed E-state index contributed by atoms with van der Waals surface area (Å²) in [4.78, 5) is 61.8. The van der Waals surface area contributed by atoms with Crippen molar-refractivity contribution >= 4 is 35.8 Å². The maximum absolute atomic E-state index is 13.2. The maximum Gasteiger partial charge on any atom is 0.416 e. The summed E-state index contributed by atoms with van der Waals surface area (Å²) < 4.78 is 79.4. The molecule has 2 fully saturated rings. The number of aliphatic carboxylic acids is 6. The summed E-state index contributed by atoms with van der Waals surface area (Å²) in [7, 11) is 0. The van der Waals surface area contributed by atoms with E-state index < -0.39 is 59.3 Å². The summed E-state index contributed by atoms with van der Waals surface area (Å²) >= 11 is 0. The monoisotopic (exact) mass is 1000 g/mol. The molecule has 8 N–H and O–H groups in total. The molecule has 0 unspecified atom stereocenters.